The van der Waals surface area contributed by atoms with Crippen LogP contribution >= 0.6 is 0 Å². The lowest BCUT2D eigenvalue weighted by molar-refractivity contribution is -0.141. The Morgan fingerprint density at radius 2 is 2.00 bits per heavy atom. The molecule has 0 aliphatic carbocycles. The average Bonchev–Trinajstić information content (AvgIpc) is 2.80. The van der Waals surface area contributed by atoms with E-state index >= 15 is 0 Å². The Morgan fingerprint density at radius 3 is 2.61 bits per heavy atom. The number of piperidine rings is 1. The highest BCUT2D eigenvalue weighted by Gasteiger charge is 2.39. The predicted octanol–water partition coefficient (Wildman–Crippen LogP) is 3.31. The molecule has 2 N–H and O–H groups in total. The molecule has 0 radical (unpaired) electrons. The van der Waals surface area contributed by atoms with Crippen molar-refractivity contribution >= 4 is 11.9 Å². The molecule has 1 aliphatic heterocycles. The van der Waals surface area contributed by atoms with Crippen LogP contribution in [-0.2, 0) is 12.7 Å². The van der Waals surface area contributed by atoms with Crippen LogP contribution in [0.3, 0.4) is 0 Å². The number of methoxy groups -OCH3 is 1. The van der Waals surface area contributed by atoms with Crippen LogP contribution in [0.2, 0.25) is 0 Å². The van der Waals surface area contributed by atoms with Crippen molar-refractivity contribution in [3.8, 4) is 11.5 Å². The van der Waals surface area contributed by atoms with E-state index < -0.39 is 30.1 Å². The lowest BCUT2D eigenvalue weighted by Crippen LogP contribution is -2.44. The van der Waals surface area contributed by atoms with Gasteiger partial charge in [-0.15, -0.1) is 0 Å². The molecule has 0 spiro atoms. The van der Waals surface area contributed by atoms with E-state index in [4.69, 9.17) is 14.6 Å². The van der Waals surface area contributed by atoms with Gasteiger partial charge in [-0.25, -0.2) is 19.2 Å². The second-order valence-corrected chi connectivity index (χ2v) is 7.37. The topological polar surface area (TPSA) is 96.8 Å². The zero-order chi connectivity index (χ0) is 24.0. The minimum Gasteiger partial charge on any atom is -0.493 e. The second-order valence-electron chi connectivity index (χ2n) is 7.37. The lowest BCUT2D eigenvalue weighted by atomic mass is 10.0. The van der Waals surface area contributed by atoms with E-state index in [-0.39, 0.29) is 25.1 Å². The smallest absolute Gasteiger partial charge is 0.434 e. The molecule has 2 heterocycles. The minimum atomic E-state index is -4.96. The van der Waals surface area contributed by atoms with Crippen molar-refractivity contribution < 1.29 is 36.9 Å². The molecular weight excluding hydrogens is 448 g/mol. The van der Waals surface area contributed by atoms with Gasteiger partial charge in [0.25, 0.3) is 0 Å². The van der Waals surface area contributed by atoms with Crippen LogP contribution in [0.5, 0.6) is 11.5 Å². The fraction of sp³-hybridized carbons (Fsp3) is 0.476. The Bertz CT molecular complexity index is 968. The fourth-order valence-corrected chi connectivity index (χ4v) is 3.64. The van der Waals surface area contributed by atoms with E-state index in [1.54, 1.807) is 23.1 Å². The van der Waals surface area contributed by atoms with Crippen molar-refractivity contribution in [1.29, 1.82) is 0 Å². The Labute approximate surface area is 187 Å². The van der Waals surface area contributed by atoms with Crippen LogP contribution in [0.4, 0.5) is 23.5 Å². The highest BCUT2D eigenvalue weighted by Crippen LogP contribution is 2.33. The van der Waals surface area contributed by atoms with Crippen LogP contribution in [0.25, 0.3) is 0 Å². The number of carboxylic acid groups (broad SMARTS) is 1. The van der Waals surface area contributed by atoms with E-state index in [0.29, 0.717) is 49.2 Å². The number of alkyl halides is 4. The molecule has 0 unspecified atom stereocenters. The summed E-state index contributed by atoms with van der Waals surface area (Å²) in [4.78, 5) is 20.5. The zero-order valence-corrected chi connectivity index (χ0v) is 17.9. The molecule has 0 saturated carbocycles. The predicted molar refractivity (Wildman–Crippen MR) is 111 cm³/mol. The number of benzene rings is 1. The lowest BCUT2D eigenvalue weighted by Gasteiger charge is -2.35. The number of aromatic carboxylic acids is 1. The van der Waals surface area contributed by atoms with E-state index in [0.717, 1.165) is 0 Å². The van der Waals surface area contributed by atoms with Crippen LogP contribution in [0.15, 0.2) is 24.4 Å². The molecule has 12 heteroatoms. The van der Waals surface area contributed by atoms with Gasteiger partial charge in [0.2, 0.25) is 5.95 Å². The summed E-state index contributed by atoms with van der Waals surface area (Å²) in [5.74, 6) is -1.29. The first kappa shape index (κ1) is 24.5. The number of aromatic nitrogens is 2. The van der Waals surface area contributed by atoms with Gasteiger partial charge in [0.1, 0.15) is 18.8 Å². The Hall–Kier alpha value is -3.15. The molecule has 2 aromatic rings. The Balaban J connectivity index is 2.01. The molecule has 1 saturated heterocycles. The van der Waals surface area contributed by atoms with Gasteiger partial charge in [-0.05, 0) is 43.6 Å². The van der Waals surface area contributed by atoms with Crippen molar-refractivity contribution in [3.63, 3.8) is 0 Å². The van der Waals surface area contributed by atoms with Gasteiger partial charge in [-0.3, -0.25) is 0 Å². The summed E-state index contributed by atoms with van der Waals surface area (Å²) < 4.78 is 63.8. The third-order valence-corrected chi connectivity index (χ3v) is 5.20. The SMILES string of the molecule is COc1ccc(CN(c2ncc(C(=O)O)c(C(F)(F)F)n2)C2CCNCC2)cc1OCCF. The van der Waals surface area contributed by atoms with Gasteiger partial charge in [0.15, 0.2) is 17.2 Å². The Morgan fingerprint density at radius 1 is 1.27 bits per heavy atom. The molecule has 0 amide bonds. The number of rotatable bonds is 9. The van der Waals surface area contributed by atoms with Crippen molar-refractivity contribution in [2.45, 2.75) is 31.6 Å². The van der Waals surface area contributed by atoms with Crippen LogP contribution in [-0.4, -0.2) is 60.6 Å². The zero-order valence-electron chi connectivity index (χ0n) is 17.9. The normalized spacial score (nSPS) is 14.7. The maximum atomic E-state index is 13.5. The highest BCUT2D eigenvalue weighted by molar-refractivity contribution is 5.88. The van der Waals surface area contributed by atoms with Gasteiger partial charge in [0.05, 0.1) is 7.11 Å². The number of hydrogen-bond acceptors (Lipinski definition) is 7. The first-order valence-corrected chi connectivity index (χ1v) is 10.2. The number of nitrogens with one attached hydrogen (secondary N) is 1. The third kappa shape index (κ3) is 6.01. The Kier molecular flexibility index (Phi) is 7.90. The van der Waals surface area contributed by atoms with Crippen molar-refractivity contribution in [3.05, 3.63) is 41.2 Å². The van der Waals surface area contributed by atoms with Crippen molar-refractivity contribution in [1.82, 2.24) is 15.3 Å². The molecule has 1 aromatic carbocycles. The molecule has 0 atom stereocenters. The summed E-state index contributed by atoms with van der Waals surface area (Å²) in [6.07, 6.45) is -3.01. The van der Waals surface area contributed by atoms with E-state index in [2.05, 4.69) is 15.3 Å². The number of carboxylic acids is 1. The van der Waals surface area contributed by atoms with E-state index in [1.165, 1.54) is 7.11 Å². The molecule has 33 heavy (non-hydrogen) atoms. The minimum absolute atomic E-state index is 0.129. The van der Waals surface area contributed by atoms with Gasteiger partial charge >= 0.3 is 12.1 Å². The number of halogens is 4. The highest BCUT2D eigenvalue weighted by atomic mass is 19.4. The number of hydrogen-bond donors (Lipinski definition) is 2. The first-order chi connectivity index (χ1) is 15.7. The molecule has 8 nitrogen and oxygen atoms in total. The number of anilines is 1. The van der Waals surface area contributed by atoms with E-state index in [9.17, 15) is 22.4 Å². The van der Waals surface area contributed by atoms with Crippen LogP contribution in [0, 0.1) is 0 Å². The quantitative estimate of drug-likeness (QED) is 0.537. The summed E-state index contributed by atoms with van der Waals surface area (Å²) in [5, 5.41) is 12.3. The standard InChI is InChI=1S/C21H24F4N4O4/c1-32-16-3-2-13(10-17(16)33-9-6-22)12-29(14-4-7-26-8-5-14)20-27-11-15(19(30)31)18(28-20)21(23,24)25/h2-3,10-11,14,26H,4-9,12H2,1H3,(H,30,31). The summed E-state index contributed by atoms with van der Waals surface area (Å²) in [6.45, 7) is 0.581. The maximum Gasteiger partial charge on any atom is 0.434 e. The number of ether oxygens (including phenoxy) is 2. The fourth-order valence-electron chi connectivity index (χ4n) is 3.64. The molecule has 1 aromatic heterocycles. The third-order valence-electron chi connectivity index (χ3n) is 5.20. The average molecular weight is 472 g/mol. The van der Waals surface area contributed by atoms with Gasteiger partial charge < -0.3 is 24.8 Å². The van der Waals surface area contributed by atoms with Crippen LogP contribution < -0.4 is 19.7 Å². The molecular formula is C21H24F4N4O4. The molecule has 1 aliphatic rings. The second kappa shape index (κ2) is 10.6. The molecule has 180 valence electrons. The van der Waals surface area contributed by atoms with Gasteiger partial charge in [0, 0.05) is 18.8 Å². The first-order valence-electron chi connectivity index (χ1n) is 10.2. The van der Waals surface area contributed by atoms with Crippen LogP contribution in [0.1, 0.15) is 34.5 Å². The number of carbonyl (C=O) groups is 1. The van der Waals surface area contributed by atoms with Gasteiger partial charge in [-0.2, -0.15) is 13.2 Å². The van der Waals surface area contributed by atoms with Crippen molar-refractivity contribution in [2.75, 3.05) is 38.4 Å². The summed E-state index contributed by atoms with van der Waals surface area (Å²) in [6, 6.07) is 4.78. The molecule has 3 rings (SSSR count). The number of nitrogens with zero attached hydrogens (tertiary/aromatic N) is 3. The summed E-state index contributed by atoms with van der Waals surface area (Å²) in [7, 11) is 1.44. The maximum absolute atomic E-state index is 13.5. The summed E-state index contributed by atoms with van der Waals surface area (Å²) >= 11 is 0. The van der Waals surface area contributed by atoms with Gasteiger partial charge in [-0.1, -0.05) is 6.07 Å². The van der Waals surface area contributed by atoms with Crippen molar-refractivity contribution in [2.24, 2.45) is 0 Å². The van der Waals surface area contributed by atoms with E-state index in [1.807, 2.05) is 0 Å². The molecule has 0 bridgehead atoms. The largest absolute Gasteiger partial charge is 0.493 e. The monoisotopic (exact) mass is 472 g/mol. The molecule has 1 fully saturated rings. The summed E-state index contributed by atoms with van der Waals surface area (Å²) in [5.41, 5.74) is -1.86.